The quantitative estimate of drug-likeness (QED) is 0.823. The van der Waals surface area contributed by atoms with Gasteiger partial charge in [-0.1, -0.05) is 5.16 Å². The van der Waals surface area contributed by atoms with Crippen LogP contribution in [0.3, 0.4) is 0 Å². The van der Waals surface area contributed by atoms with Crippen molar-refractivity contribution in [3.63, 3.8) is 0 Å². The highest BCUT2D eigenvalue weighted by Crippen LogP contribution is 2.25. The minimum atomic E-state index is 0.271. The van der Waals surface area contributed by atoms with E-state index in [0.29, 0.717) is 6.42 Å². The van der Waals surface area contributed by atoms with Crippen LogP contribution in [0.2, 0.25) is 0 Å². The summed E-state index contributed by atoms with van der Waals surface area (Å²) in [7, 11) is 0. The van der Waals surface area contributed by atoms with Gasteiger partial charge in [-0.3, -0.25) is 4.79 Å². The maximum absolute atomic E-state index is 11.5. The van der Waals surface area contributed by atoms with Crippen molar-refractivity contribution in [1.29, 1.82) is 0 Å². The fraction of sp³-hybridized carbons (Fsp3) is 0.500. The lowest BCUT2D eigenvalue weighted by atomic mass is 10.1. The van der Waals surface area contributed by atoms with Gasteiger partial charge in [0.15, 0.2) is 0 Å². The summed E-state index contributed by atoms with van der Waals surface area (Å²) in [4.78, 5) is 22.0. The molecule has 1 N–H and O–H groups in total. The van der Waals surface area contributed by atoms with Gasteiger partial charge in [-0.05, 0) is 26.7 Å². The predicted octanol–water partition coefficient (Wildman–Crippen LogP) is 2.17. The molecule has 0 radical (unpaired) electrons. The van der Waals surface area contributed by atoms with Gasteiger partial charge in [0.25, 0.3) is 0 Å². The van der Waals surface area contributed by atoms with Crippen LogP contribution in [0.25, 0.3) is 11.3 Å². The van der Waals surface area contributed by atoms with Crippen LogP contribution in [0, 0.1) is 13.8 Å². The third-order valence-electron chi connectivity index (χ3n) is 4.04. The van der Waals surface area contributed by atoms with Crippen molar-refractivity contribution >= 4 is 11.7 Å². The van der Waals surface area contributed by atoms with Crippen LogP contribution in [0.4, 0.5) is 5.82 Å². The summed E-state index contributed by atoms with van der Waals surface area (Å²) in [5.74, 6) is 1.79. The Morgan fingerprint density at radius 2 is 2.22 bits per heavy atom. The minimum Gasteiger partial charge on any atom is -0.370 e. The van der Waals surface area contributed by atoms with Crippen molar-refractivity contribution in [1.82, 2.24) is 20.0 Å². The molecule has 122 valence electrons. The molecule has 0 spiro atoms. The third-order valence-corrected chi connectivity index (χ3v) is 4.04. The summed E-state index contributed by atoms with van der Waals surface area (Å²) >= 11 is 0. The van der Waals surface area contributed by atoms with Crippen molar-refractivity contribution in [3.8, 4) is 11.3 Å². The van der Waals surface area contributed by atoms with E-state index in [2.05, 4.69) is 20.4 Å². The van der Waals surface area contributed by atoms with Gasteiger partial charge >= 0.3 is 0 Å². The number of aryl methyl sites for hydroxylation is 2. The van der Waals surface area contributed by atoms with E-state index in [0.717, 1.165) is 61.0 Å². The maximum atomic E-state index is 11.5. The lowest BCUT2D eigenvalue weighted by molar-refractivity contribution is -0.127. The van der Waals surface area contributed by atoms with E-state index in [1.54, 1.807) is 0 Å². The van der Waals surface area contributed by atoms with Crippen molar-refractivity contribution in [2.24, 2.45) is 0 Å². The highest BCUT2D eigenvalue weighted by atomic mass is 16.5. The molecule has 2 aromatic heterocycles. The van der Waals surface area contributed by atoms with Crippen molar-refractivity contribution in [2.45, 2.75) is 33.1 Å². The Kier molecular flexibility index (Phi) is 4.55. The van der Waals surface area contributed by atoms with Gasteiger partial charge in [0.05, 0.1) is 17.0 Å². The Morgan fingerprint density at radius 3 is 2.91 bits per heavy atom. The maximum Gasteiger partial charge on any atom is 0.222 e. The average Bonchev–Trinajstić information content (AvgIpc) is 3.10. The molecule has 0 aliphatic carbocycles. The molecule has 0 saturated carbocycles. The Morgan fingerprint density at radius 1 is 1.35 bits per heavy atom. The van der Waals surface area contributed by atoms with Crippen LogP contribution in [-0.2, 0) is 4.79 Å². The fourth-order valence-electron chi connectivity index (χ4n) is 2.87. The van der Waals surface area contributed by atoms with Gasteiger partial charge in [0.2, 0.25) is 5.91 Å². The number of amides is 1. The van der Waals surface area contributed by atoms with E-state index >= 15 is 0 Å². The second-order valence-electron chi connectivity index (χ2n) is 5.75. The number of carbonyl (C=O) groups excluding carboxylic acids is 1. The number of hydrogen-bond donors (Lipinski definition) is 1. The van der Waals surface area contributed by atoms with Crippen molar-refractivity contribution in [2.75, 3.05) is 25.0 Å². The van der Waals surface area contributed by atoms with Gasteiger partial charge in [0, 0.05) is 32.1 Å². The van der Waals surface area contributed by atoms with Gasteiger partial charge in [0.1, 0.15) is 17.9 Å². The summed E-state index contributed by atoms with van der Waals surface area (Å²) in [5, 5.41) is 7.24. The molecule has 0 unspecified atom stereocenters. The van der Waals surface area contributed by atoms with Crippen LogP contribution in [-0.4, -0.2) is 45.6 Å². The number of rotatable bonds is 6. The van der Waals surface area contributed by atoms with E-state index in [-0.39, 0.29) is 5.91 Å². The molecular formula is C16H21N5O2. The monoisotopic (exact) mass is 315 g/mol. The zero-order valence-corrected chi connectivity index (χ0v) is 13.5. The van der Waals surface area contributed by atoms with Crippen LogP contribution in [0.15, 0.2) is 16.9 Å². The Balaban J connectivity index is 1.57. The molecule has 1 amide bonds. The van der Waals surface area contributed by atoms with E-state index in [1.165, 1.54) is 6.33 Å². The highest BCUT2D eigenvalue weighted by Gasteiger charge is 2.19. The van der Waals surface area contributed by atoms with Crippen LogP contribution >= 0.6 is 0 Å². The minimum absolute atomic E-state index is 0.271. The number of likely N-dealkylation sites (tertiary alicyclic amines) is 1. The van der Waals surface area contributed by atoms with Crippen LogP contribution < -0.4 is 5.32 Å². The van der Waals surface area contributed by atoms with Gasteiger partial charge in [-0.25, -0.2) is 9.97 Å². The van der Waals surface area contributed by atoms with E-state index in [4.69, 9.17) is 4.52 Å². The number of aromatic nitrogens is 3. The first-order valence-electron chi connectivity index (χ1n) is 7.92. The predicted molar refractivity (Wildman–Crippen MR) is 85.9 cm³/mol. The summed E-state index contributed by atoms with van der Waals surface area (Å²) in [6.45, 7) is 6.23. The molecule has 1 fully saturated rings. The first-order chi connectivity index (χ1) is 11.1. The highest BCUT2D eigenvalue weighted by molar-refractivity contribution is 5.78. The number of nitrogens with zero attached hydrogens (tertiary/aromatic N) is 4. The molecule has 3 rings (SSSR count). The molecule has 7 nitrogen and oxygen atoms in total. The lowest BCUT2D eigenvalue weighted by Gasteiger charge is -2.15. The summed E-state index contributed by atoms with van der Waals surface area (Å²) in [5.41, 5.74) is 2.53. The van der Waals surface area contributed by atoms with Gasteiger partial charge < -0.3 is 14.7 Å². The van der Waals surface area contributed by atoms with Gasteiger partial charge in [-0.15, -0.1) is 0 Å². The Hall–Kier alpha value is -2.44. The molecule has 0 bridgehead atoms. The smallest absolute Gasteiger partial charge is 0.222 e. The second kappa shape index (κ2) is 6.76. The molecular weight excluding hydrogens is 294 g/mol. The topological polar surface area (TPSA) is 84.2 Å². The number of carbonyl (C=O) groups is 1. The Labute approximate surface area is 135 Å². The molecule has 0 aromatic carbocycles. The molecule has 1 saturated heterocycles. The SMILES string of the molecule is Cc1noc(C)c1-c1cc(NCCCN2CCCC2=O)ncn1. The lowest BCUT2D eigenvalue weighted by Crippen LogP contribution is -2.27. The molecule has 0 atom stereocenters. The van der Waals surface area contributed by atoms with E-state index in [1.807, 2.05) is 24.8 Å². The molecule has 1 aliphatic rings. The van der Waals surface area contributed by atoms with Crippen molar-refractivity contribution < 1.29 is 9.32 Å². The zero-order valence-electron chi connectivity index (χ0n) is 13.5. The van der Waals surface area contributed by atoms with Gasteiger partial charge in [-0.2, -0.15) is 0 Å². The normalized spacial score (nSPS) is 14.5. The first-order valence-corrected chi connectivity index (χ1v) is 7.92. The second-order valence-corrected chi connectivity index (χ2v) is 5.75. The summed E-state index contributed by atoms with van der Waals surface area (Å²) in [6.07, 6.45) is 4.11. The molecule has 23 heavy (non-hydrogen) atoms. The molecule has 2 aromatic rings. The summed E-state index contributed by atoms with van der Waals surface area (Å²) in [6, 6.07) is 1.90. The molecule has 7 heteroatoms. The standard InChI is InChI=1S/C16H21N5O2/c1-11-16(12(2)23-20-11)13-9-14(19-10-18-13)17-6-4-8-21-7-3-5-15(21)22/h9-10H,3-8H2,1-2H3,(H,17,18,19). The average molecular weight is 315 g/mol. The summed E-state index contributed by atoms with van der Waals surface area (Å²) < 4.78 is 5.19. The largest absolute Gasteiger partial charge is 0.370 e. The van der Waals surface area contributed by atoms with E-state index in [9.17, 15) is 4.79 Å². The first kappa shape index (κ1) is 15.5. The number of anilines is 1. The Bertz CT molecular complexity index is 678. The van der Waals surface area contributed by atoms with Crippen molar-refractivity contribution in [3.05, 3.63) is 23.8 Å². The zero-order chi connectivity index (χ0) is 16.2. The van der Waals surface area contributed by atoms with E-state index < -0.39 is 0 Å². The number of hydrogen-bond acceptors (Lipinski definition) is 6. The molecule has 1 aliphatic heterocycles. The molecule has 3 heterocycles. The number of nitrogens with one attached hydrogen (secondary N) is 1. The fourth-order valence-corrected chi connectivity index (χ4v) is 2.87. The van der Waals surface area contributed by atoms with Crippen LogP contribution in [0.5, 0.6) is 0 Å². The third kappa shape index (κ3) is 3.49. The van der Waals surface area contributed by atoms with Crippen LogP contribution in [0.1, 0.15) is 30.7 Å².